The molecule has 4 rings (SSSR count). The summed E-state index contributed by atoms with van der Waals surface area (Å²) in [5.41, 5.74) is 2.18. The Labute approximate surface area is 151 Å². The number of carbonyl (C=O) groups excluding carboxylic acids is 1. The molecule has 8 heteroatoms. The molecule has 3 aromatic rings. The summed E-state index contributed by atoms with van der Waals surface area (Å²) in [5, 5.41) is 0. The predicted molar refractivity (Wildman–Crippen MR) is 97.2 cm³/mol. The molecule has 0 spiro atoms. The third-order valence-electron chi connectivity index (χ3n) is 4.57. The van der Waals surface area contributed by atoms with Crippen molar-refractivity contribution in [3.63, 3.8) is 0 Å². The number of piperazine rings is 1. The van der Waals surface area contributed by atoms with Crippen LogP contribution in [0.4, 0.5) is 0 Å². The van der Waals surface area contributed by atoms with Crippen LogP contribution < -0.4 is 0 Å². The molecule has 26 heavy (non-hydrogen) atoms. The molecule has 1 fully saturated rings. The van der Waals surface area contributed by atoms with E-state index in [2.05, 4.69) is 9.97 Å². The highest BCUT2D eigenvalue weighted by Gasteiger charge is 2.30. The Kier molecular flexibility index (Phi) is 4.21. The number of sulfonamides is 1. The van der Waals surface area contributed by atoms with Crippen LogP contribution in [-0.2, 0) is 10.0 Å². The van der Waals surface area contributed by atoms with Gasteiger partial charge in [-0.05, 0) is 30.3 Å². The first kappa shape index (κ1) is 16.7. The van der Waals surface area contributed by atoms with Crippen molar-refractivity contribution in [3.05, 3.63) is 60.4 Å². The van der Waals surface area contributed by atoms with E-state index >= 15 is 0 Å². The molecule has 1 saturated heterocycles. The second kappa shape index (κ2) is 6.54. The highest BCUT2D eigenvalue weighted by molar-refractivity contribution is 7.89. The van der Waals surface area contributed by atoms with E-state index in [1.165, 1.54) is 4.31 Å². The Morgan fingerprint density at radius 2 is 1.73 bits per heavy atom. The summed E-state index contributed by atoms with van der Waals surface area (Å²) < 4.78 is 26.8. The number of amides is 1. The molecule has 0 atom stereocenters. The van der Waals surface area contributed by atoms with Crippen LogP contribution in [0.25, 0.3) is 11.0 Å². The maximum absolute atomic E-state index is 12.7. The number of benzene rings is 2. The van der Waals surface area contributed by atoms with Crippen LogP contribution in [0.5, 0.6) is 0 Å². The lowest BCUT2D eigenvalue weighted by atomic mass is 10.1. The van der Waals surface area contributed by atoms with Gasteiger partial charge in [0.25, 0.3) is 5.91 Å². The molecule has 1 aromatic heterocycles. The maximum atomic E-state index is 12.7. The summed E-state index contributed by atoms with van der Waals surface area (Å²) in [5.74, 6) is -0.0988. The number of imidazole rings is 1. The second-order valence-electron chi connectivity index (χ2n) is 6.14. The number of hydrogen-bond donors (Lipinski definition) is 1. The monoisotopic (exact) mass is 370 g/mol. The van der Waals surface area contributed by atoms with Gasteiger partial charge in [0.15, 0.2) is 0 Å². The molecule has 1 aliphatic heterocycles. The van der Waals surface area contributed by atoms with Crippen LogP contribution >= 0.6 is 0 Å². The largest absolute Gasteiger partial charge is 0.345 e. The van der Waals surface area contributed by atoms with Gasteiger partial charge in [0.05, 0.1) is 22.3 Å². The molecular formula is C18H18N4O3S. The number of carbonyl (C=O) groups is 1. The number of hydrogen-bond acceptors (Lipinski definition) is 4. The summed E-state index contributed by atoms with van der Waals surface area (Å²) in [6.45, 7) is 1.31. The van der Waals surface area contributed by atoms with Crippen molar-refractivity contribution < 1.29 is 13.2 Å². The molecule has 0 unspecified atom stereocenters. The standard InChI is InChI=1S/C18H18N4O3S/c23-18(14-6-7-16-17(12-14)20-13-19-16)21-8-10-22(11-9-21)26(24,25)15-4-2-1-3-5-15/h1-7,12-13H,8-11H2,(H,19,20). The van der Waals surface area contributed by atoms with Gasteiger partial charge in [-0.25, -0.2) is 13.4 Å². The van der Waals surface area contributed by atoms with Gasteiger partial charge in [0.1, 0.15) is 0 Å². The molecule has 134 valence electrons. The smallest absolute Gasteiger partial charge is 0.254 e. The lowest BCUT2D eigenvalue weighted by Gasteiger charge is -2.34. The van der Waals surface area contributed by atoms with Crippen LogP contribution in [0.15, 0.2) is 59.8 Å². The van der Waals surface area contributed by atoms with Crippen molar-refractivity contribution in [2.45, 2.75) is 4.90 Å². The number of H-pyrrole nitrogens is 1. The zero-order valence-electron chi connectivity index (χ0n) is 14.0. The zero-order valence-corrected chi connectivity index (χ0v) is 14.8. The minimum Gasteiger partial charge on any atom is -0.345 e. The van der Waals surface area contributed by atoms with Crippen LogP contribution in [-0.4, -0.2) is 59.7 Å². The van der Waals surface area contributed by atoms with Crippen molar-refractivity contribution in [2.75, 3.05) is 26.2 Å². The van der Waals surface area contributed by atoms with Gasteiger partial charge in [-0.2, -0.15) is 4.31 Å². The first-order valence-corrected chi connectivity index (χ1v) is 9.77. The quantitative estimate of drug-likeness (QED) is 0.760. The summed E-state index contributed by atoms with van der Waals surface area (Å²) in [6, 6.07) is 13.7. The number of aromatic amines is 1. The fourth-order valence-electron chi connectivity index (χ4n) is 3.12. The number of rotatable bonds is 3. The fourth-order valence-corrected chi connectivity index (χ4v) is 4.57. The maximum Gasteiger partial charge on any atom is 0.254 e. The molecule has 0 radical (unpaired) electrons. The average Bonchev–Trinajstić information content (AvgIpc) is 3.16. The Balaban J connectivity index is 1.47. The van der Waals surface area contributed by atoms with E-state index in [-0.39, 0.29) is 23.9 Å². The molecule has 0 bridgehead atoms. The van der Waals surface area contributed by atoms with Gasteiger partial charge in [0, 0.05) is 31.7 Å². The summed E-state index contributed by atoms with van der Waals surface area (Å²) in [7, 11) is -3.51. The van der Waals surface area contributed by atoms with E-state index in [1.54, 1.807) is 59.8 Å². The van der Waals surface area contributed by atoms with Crippen LogP contribution in [0, 0.1) is 0 Å². The molecule has 0 saturated carbocycles. The Hall–Kier alpha value is -2.71. The molecular weight excluding hydrogens is 352 g/mol. The van der Waals surface area contributed by atoms with Crippen LogP contribution in [0.1, 0.15) is 10.4 Å². The molecule has 0 aliphatic carbocycles. The number of aromatic nitrogens is 2. The van der Waals surface area contributed by atoms with Crippen molar-refractivity contribution in [3.8, 4) is 0 Å². The number of nitrogens with zero attached hydrogens (tertiary/aromatic N) is 3. The summed E-state index contributed by atoms with van der Waals surface area (Å²) in [6.07, 6.45) is 1.59. The van der Waals surface area contributed by atoms with E-state index in [0.717, 1.165) is 11.0 Å². The van der Waals surface area contributed by atoms with Crippen LogP contribution in [0.2, 0.25) is 0 Å². The Morgan fingerprint density at radius 3 is 2.46 bits per heavy atom. The van der Waals surface area contributed by atoms with Crippen molar-refractivity contribution >= 4 is 27.0 Å². The van der Waals surface area contributed by atoms with Gasteiger partial charge < -0.3 is 9.88 Å². The minimum absolute atomic E-state index is 0.0988. The summed E-state index contributed by atoms with van der Waals surface area (Å²) in [4.78, 5) is 21.8. The molecule has 2 heterocycles. The molecule has 2 aromatic carbocycles. The average molecular weight is 370 g/mol. The normalized spacial score (nSPS) is 16.1. The van der Waals surface area contributed by atoms with Crippen molar-refractivity contribution in [1.82, 2.24) is 19.2 Å². The zero-order chi connectivity index (χ0) is 18.1. The minimum atomic E-state index is -3.51. The third-order valence-corrected chi connectivity index (χ3v) is 6.49. The van der Waals surface area contributed by atoms with Gasteiger partial charge in [-0.15, -0.1) is 0 Å². The van der Waals surface area contributed by atoms with Crippen LogP contribution in [0.3, 0.4) is 0 Å². The molecule has 1 aliphatic rings. The first-order chi connectivity index (χ1) is 12.6. The van der Waals surface area contributed by atoms with E-state index in [9.17, 15) is 13.2 Å². The Bertz CT molecular complexity index is 1040. The van der Waals surface area contributed by atoms with Gasteiger partial charge in [-0.1, -0.05) is 18.2 Å². The van der Waals surface area contributed by atoms with Crippen molar-refractivity contribution in [2.24, 2.45) is 0 Å². The Morgan fingerprint density at radius 1 is 1.00 bits per heavy atom. The highest BCUT2D eigenvalue weighted by atomic mass is 32.2. The highest BCUT2D eigenvalue weighted by Crippen LogP contribution is 2.19. The van der Waals surface area contributed by atoms with E-state index in [4.69, 9.17) is 0 Å². The SMILES string of the molecule is O=C(c1ccc2nc[nH]c2c1)N1CCN(S(=O)(=O)c2ccccc2)CC1. The van der Waals surface area contributed by atoms with Gasteiger partial charge in [-0.3, -0.25) is 4.79 Å². The second-order valence-corrected chi connectivity index (χ2v) is 8.08. The number of fused-ring (bicyclic) bond motifs is 1. The predicted octanol–water partition coefficient (Wildman–Crippen LogP) is 1.71. The third kappa shape index (κ3) is 2.97. The van der Waals surface area contributed by atoms with Gasteiger partial charge in [0.2, 0.25) is 10.0 Å². The number of nitrogens with one attached hydrogen (secondary N) is 1. The first-order valence-electron chi connectivity index (χ1n) is 8.33. The molecule has 1 amide bonds. The lowest BCUT2D eigenvalue weighted by Crippen LogP contribution is -2.50. The topological polar surface area (TPSA) is 86.4 Å². The van der Waals surface area contributed by atoms with E-state index < -0.39 is 10.0 Å². The van der Waals surface area contributed by atoms with E-state index in [0.29, 0.717) is 18.7 Å². The molecule has 1 N–H and O–H groups in total. The summed E-state index contributed by atoms with van der Waals surface area (Å²) >= 11 is 0. The lowest BCUT2D eigenvalue weighted by molar-refractivity contribution is 0.0698. The fraction of sp³-hybridized carbons (Fsp3) is 0.222. The van der Waals surface area contributed by atoms with Crippen molar-refractivity contribution in [1.29, 1.82) is 0 Å². The van der Waals surface area contributed by atoms with Gasteiger partial charge >= 0.3 is 0 Å². The van der Waals surface area contributed by atoms with E-state index in [1.807, 2.05) is 0 Å². The molecule has 7 nitrogen and oxygen atoms in total.